The Hall–Kier alpha value is -3.50. The molecule has 37 heavy (non-hydrogen) atoms. The van der Waals surface area contributed by atoms with Crippen molar-refractivity contribution >= 4 is 23.4 Å². The topological polar surface area (TPSA) is 112 Å². The number of aliphatic hydroxyl groups excluding tert-OH is 1. The summed E-state index contributed by atoms with van der Waals surface area (Å²) in [5, 5.41) is 11.4. The van der Waals surface area contributed by atoms with Gasteiger partial charge in [-0.05, 0) is 38.8 Å². The fourth-order valence-corrected chi connectivity index (χ4v) is 5.07. The number of hydrogen-bond donors (Lipinski definition) is 2. The van der Waals surface area contributed by atoms with Crippen LogP contribution in [0.1, 0.15) is 52.3 Å². The van der Waals surface area contributed by atoms with Crippen molar-refractivity contribution in [1.29, 1.82) is 0 Å². The van der Waals surface area contributed by atoms with Gasteiger partial charge in [0.05, 0.1) is 31.4 Å². The summed E-state index contributed by atoms with van der Waals surface area (Å²) in [6, 6.07) is 4.81. The highest BCUT2D eigenvalue weighted by atomic mass is 19.1. The van der Waals surface area contributed by atoms with Gasteiger partial charge in [0.2, 0.25) is 0 Å². The first-order chi connectivity index (χ1) is 17.8. The van der Waals surface area contributed by atoms with Crippen LogP contribution in [0.5, 0.6) is 0 Å². The van der Waals surface area contributed by atoms with Crippen LogP contribution in [0.15, 0.2) is 29.8 Å². The number of hydrogen-bond acceptors (Lipinski definition) is 7. The van der Waals surface area contributed by atoms with E-state index in [0.29, 0.717) is 37.4 Å². The summed E-state index contributed by atoms with van der Waals surface area (Å²) in [7, 11) is 0. The molecule has 2 N–H and O–H groups in total. The van der Waals surface area contributed by atoms with E-state index in [9.17, 15) is 19.5 Å². The Labute approximate surface area is 214 Å². The largest absolute Gasteiger partial charge is 0.507 e. The number of H-pyrrole nitrogens is 1. The molecule has 2 aromatic rings. The molecule has 2 fully saturated rings. The number of likely N-dealkylation sites (tertiary alicyclic amines) is 1. The third kappa shape index (κ3) is 5.17. The molecule has 0 bridgehead atoms. The Morgan fingerprint density at radius 1 is 1.19 bits per heavy atom. The number of halogens is 1. The van der Waals surface area contributed by atoms with Crippen LogP contribution in [0, 0.1) is 19.7 Å². The number of aromatic amines is 1. The third-order valence-corrected chi connectivity index (χ3v) is 6.87. The van der Waals surface area contributed by atoms with Crippen LogP contribution in [0.25, 0.3) is 5.76 Å². The number of carbonyl (C=O) groups is 3. The number of carbonyl (C=O) groups excluding carboxylic acids is 3. The van der Waals surface area contributed by atoms with E-state index in [-0.39, 0.29) is 35.5 Å². The third-order valence-electron chi connectivity index (χ3n) is 6.87. The van der Waals surface area contributed by atoms with Crippen molar-refractivity contribution in [2.24, 2.45) is 0 Å². The molecule has 0 radical (unpaired) electrons. The Balaban J connectivity index is 1.75. The van der Waals surface area contributed by atoms with Crippen LogP contribution >= 0.6 is 0 Å². The van der Waals surface area contributed by atoms with Gasteiger partial charge in [0, 0.05) is 43.0 Å². The van der Waals surface area contributed by atoms with Crippen molar-refractivity contribution in [3.05, 3.63) is 63.7 Å². The van der Waals surface area contributed by atoms with E-state index in [2.05, 4.69) is 9.88 Å². The van der Waals surface area contributed by atoms with Gasteiger partial charge in [0.15, 0.2) is 0 Å². The predicted molar refractivity (Wildman–Crippen MR) is 134 cm³/mol. The molecule has 0 saturated carbocycles. The molecule has 0 unspecified atom stereocenters. The monoisotopic (exact) mass is 513 g/mol. The van der Waals surface area contributed by atoms with E-state index in [0.717, 1.165) is 13.1 Å². The number of aliphatic hydroxyl groups is 1. The maximum absolute atomic E-state index is 15.0. The fraction of sp³-hybridized carbons (Fsp3) is 0.444. The van der Waals surface area contributed by atoms with Gasteiger partial charge in [-0.25, -0.2) is 9.18 Å². The highest BCUT2D eigenvalue weighted by Gasteiger charge is 2.47. The average molecular weight is 514 g/mol. The lowest BCUT2D eigenvalue weighted by molar-refractivity contribution is -0.140. The minimum atomic E-state index is -1.11. The molecule has 0 aliphatic carbocycles. The van der Waals surface area contributed by atoms with E-state index < -0.39 is 35.3 Å². The average Bonchev–Trinajstić information content (AvgIpc) is 3.32. The summed E-state index contributed by atoms with van der Waals surface area (Å²) in [5.74, 6) is -3.34. The van der Waals surface area contributed by atoms with Gasteiger partial charge in [-0.2, -0.15) is 0 Å². The van der Waals surface area contributed by atoms with E-state index in [1.54, 1.807) is 26.8 Å². The zero-order valence-electron chi connectivity index (χ0n) is 21.3. The van der Waals surface area contributed by atoms with Crippen molar-refractivity contribution in [2.75, 3.05) is 46.0 Å². The summed E-state index contributed by atoms with van der Waals surface area (Å²) in [6.45, 7) is 8.84. The second-order valence-corrected chi connectivity index (χ2v) is 9.17. The van der Waals surface area contributed by atoms with Gasteiger partial charge in [-0.3, -0.25) is 14.5 Å². The summed E-state index contributed by atoms with van der Waals surface area (Å²) in [6.07, 6.45) is 0.563. The zero-order valence-corrected chi connectivity index (χ0v) is 21.3. The van der Waals surface area contributed by atoms with E-state index in [1.165, 1.54) is 23.1 Å². The number of nitrogens with zero attached hydrogens (tertiary/aromatic N) is 2. The minimum absolute atomic E-state index is 0.117. The molecule has 1 atom stereocenters. The molecule has 2 aliphatic heterocycles. The number of aromatic nitrogens is 1. The second-order valence-electron chi connectivity index (χ2n) is 9.17. The highest BCUT2D eigenvalue weighted by molar-refractivity contribution is 6.46. The predicted octanol–water partition coefficient (Wildman–Crippen LogP) is 3.09. The number of morpholine rings is 1. The highest BCUT2D eigenvalue weighted by Crippen LogP contribution is 2.41. The molecule has 1 aromatic heterocycles. The molecule has 2 aliphatic rings. The number of ketones is 1. The molecule has 10 heteroatoms. The van der Waals surface area contributed by atoms with Crippen molar-refractivity contribution in [1.82, 2.24) is 14.8 Å². The Bertz CT molecular complexity index is 1230. The van der Waals surface area contributed by atoms with Crippen LogP contribution in [0.3, 0.4) is 0 Å². The first kappa shape index (κ1) is 26.6. The number of nitrogens with one attached hydrogen (secondary N) is 1. The molecule has 4 rings (SSSR count). The van der Waals surface area contributed by atoms with Crippen molar-refractivity contribution in [3.63, 3.8) is 0 Å². The first-order valence-electron chi connectivity index (χ1n) is 12.5. The fourth-order valence-electron chi connectivity index (χ4n) is 5.07. The summed E-state index contributed by atoms with van der Waals surface area (Å²) < 4.78 is 25.5. The minimum Gasteiger partial charge on any atom is -0.507 e. The lowest BCUT2D eigenvalue weighted by Gasteiger charge is -2.29. The van der Waals surface area contributed by atoms with Crippen LogP contribution in [-0.2, 0) is 19.1 Å². The zero-order chi connectivity index (χ0) is 26.7. The number of aryl methyl sites for hydroxylation is 1. The quantitative estimate of drug-likeness (QED) is 0.241. The summed E-state index contributed by atoms with van der Waals surface area (Å²) >= 11 is 0. The van der Waals surface area contributed by atoms with Gasteiger partial charge in [0.1, 0.15) is 17.3 Å². The Morgan fingerprint density at radius 2 is 1.89 bits per heavy atom. The molecule has 2 saturated heterocycles. The molecule has 1 amide bonds. The normalized spacial score (nSPS) is 20.0. The standard InChI is InChI=1S/C27H32FN3O6/c1-4-37-27(35)22-16(2)20(17(3)29-22)24(32)21-23(18-8-5-6-9-19(18)28)31(26(34)25(21)33)11-7-10-30-12-14-36-15-13-30/h5-6,8-9,23,29,32H,4,7,10-15H2,1-3H3/b24-21+/t23-/m0/s1. The van der Waals surface area contributed by atoms with Crippen molar-refractivity contribution in [3.8, 4) is 0 Å². The number of Topliss-reactive ketones (excluding diaryl/α,β-unsaturated/α-hetero) is 1. The Kier molecular flexibility index (Phi) is 8.09. The van der Waals surface area contributed by atoms with Gasteiger partial charge < -0.3 is 24.5 Å². The van der Waals surface area contributed by atoms with Crippen molar-refractivity contribution in [2.45, 2.75) is 33.2 Å². The maximum Gasteiger partial charge on any atom is 0.355 e. The van der Waals surface area contributed by atoms with Gasteiger partial charge in [-0.15, -0.1) is 0 Å². The molecule has 198 valence electrons. The van der Waals surface area contributed by atoms with Crippen LogP contribution in [-0.4, -0.2) is 83.5 Å². The van der Waals surface area contributed by atoms with Crippen LogP contribution in [0.2, 0.25) is 0 Å². The van der Waals surface area contributed by atoms with Gasteiger partial charge in [0.25, 0.3) is 11.7 Å². The lowest BCUT2D eigenvalue weighted by Crippen LogP contribution is -2.39. The van der Waals surface area contributed by atoms with Crippen molar-refractivity contribution < 1.29 is 33.4 Å². The Morgan fingerprint density at radius 3 is 2.57 bits per heavy atom. The molecule has 0 spiro atoms. The maximum atomic E-state index is 15.0. The summed E-state index contributed by atoms with van der Waals surface area (Å²) in [5.41, 5.74) is 1.06. The number of benzene rings is 1. The number of rotatable bonds is 8. The van der Waals surface area contributed by atoms with Crippen LogP contribution in [0.4, 0.5) is 4.39 Å². The number of amides is 1. The molecule has 1 aromatic carbocycles. The molecule has 3 heterocycles. The smallest absolute Gasteiger partial charge is 0.355 e. The summed E-state index contributed by atoms with van der Waals surface area (Å²) in [4.78, 5) is 45.3. The number of esters is 1. The van der Waals surface area contributed by atoms with Gasteiger partial charge in [-0.1, -0.05) is 18.2 Å². The van der Waals surface area contributed by atoms with E-state index in [4.69, 9.17) is 9.47 Å². The molecular formula is C27H32FN3O6. The molecule has 9 nitrogen and oxygen atoms in total. The molecular weight excluding hydrogens is 481 g/mol. The lowest BCUT2D eigenvalue weighted by atomic mass is 9.93. The van der Waals surface area contributed by atoms with Gasteiger partial charge >= 0.3 is 5.97 Å². The number of ether oxygens (including phenoxy) is 2. The first-order valence-corrected chi connectivity index (χ1v) is 12.5. The van der Waals surface area contributed by atoms with Crippen LogP contribution < -0.4 is 0 Å². The SMILES string of the molecule is CCOC(=O)c1[nH]c(C)c(/C(O)=C2\C(=O)C(=O)N(CCCN3CCOCC3)[C@H]2c2ccccc2F)c1C. The van der Waals surface area contributed by atoms with E-state index >= 15 is 4.39 Å². The van der Waals surface area contributed by atoms with E-state index in [1.807, 2.05) is 0 Å². The second kappa shape index (κ2) is 11.3.